The molecule has 0 aliphatic carbocycles. The normalized spacial score (nSPS) is 11.8. The highest BCUT2D eigenvalue weighted by atomic mass is 35.8. The first kappa shape index (κ1) is 25.1. The maximum Gasteiger partial charge on any atom is 0.341 e. The van der Waals surface area contributed by atoms with Gasteiger partial charge in [0.15, 0.2) is 5.12 Å². The second kappa shape index (κ2) is 17.5. The van der Waals surface area contributed by atoms with Gasteiger partial charge in [0.25, 0.3) is 0 Å². The lowest BCUT2D eigenvalue weighted by atomic mass is 10.0. The molecule has 0 heterocycles. The number of thioether (sulfide) groups is 1. The minimum atomic E-state index is -2.37. The van der Waals surface area contributed by atoms with Crippen molar-refractivity contribution < 1.29 is 4.79 Å². The maximum atomic E-state index is 10.8. The van der Waals surface area contributed by atoms with Gasteiger partial charge in [-0.05, 0) is 12.5 Å². The molecule has 0 atom stereocenters. The topological polar surface area (TPSA) is 17.1 Å². The fourth-order valence-electron chi connectivity index (χ4n) is 2.76. The maximum absolute atomic E-state index is 10.8. The highest BCUT2D eigenvalue weighted by Gasteiger charge is 2.23. The van der Waals surface area contributed by atoms with E-state index in [1.54, 1.807) is 6.92 Å². The van der Waals surface area contributed by atoms with Crippen LogP contribution in [0.1, 0.15) is 96.8 Å². The molecule has 0 aliphatic rings. The average molecular weight is 434 g/mol. The number of halogens is 3. The summed E-state index contributed by atoms with van der Waals surface area (Å²) in [6.45, 7) is 1.65. The number of carbonyl (C=O) groups excluding carboxylic acids is 1. The molecule has 0 aliphatic heterocycles. The van der Waals surface area contributed by atoms with Gasteiger partial charge in [-0.1, -0.05) is 95.2 Å². The van der Waals surface area contributed by atoms with Gasteiger partial charge in [0.1, 0.15) is 0 Å². The summed E-state index contributed by atoms with van der Waals surface area (Å²) >= 11 is 19.1. The van der Waals surface area contributed by atoms with E-state index in [9.17, 15) is 4.79 Å². The van der Waals surface area contributed by atoms with E-state index in [-0.39, 0.29) is 5.12 Å². The van der Waals surface area contributed by atoms with Gasteiger partial charge in [0, 0.05) is 12.7 Å². The Balaban J connectivity index is 3.04. The van der Waals surface area contributed by atoms with Crippen LogP contribution in [0.5, 0.6) is 0 Å². The van der Waals surface area contributed by atoms with E-state index in [0.717, 1.165) is 18.2 Å². The lowest BCUT2D eigenvalue weighted by Crippen LogP contribution is -2.07. The summed E-state index contributed by atoms with van der Waals surface area (Å²) in [4.78, 5) is 10.8. The van der Waals surface area contributed by atoms with Crippen molar-refractivity contribution in [2.24, 2.45) is 0 Å². The monoisotopic (exact) mass is 432 g/mol. The van der Waals surface area contributed by atoms with Crippen molar-refractivity contribution in [3.05, 3.63) is 0 Å². The first-order chi connectivity index (χ1) is 11.4. The van der Waals surface area contributed by atoms with Crippen molar-refractivity contribution in [1.82, 2.24) is 0 Å². The minimum Gasteiger partial charge on any atom is -0.288 e. The number of hydrogen-bond acceptors (Lipinski definition) is 2. The molecule has 0 aromatic rings. The predicted octanol–water partition coefficient (Wildman–Crippen LogP) is 8.38. The molecular formula is C18H35Cl3OSSi. The molecule has 0 saturated carbocycles. The van der Waals surface area contributed by atoms with E-state index < -0.39 is 6.00 Å². The van der Waals surface area contributed by atoms with Gasteiger partial charge in [0.05, 0.1) is 0 Å². The van der Waals surface area contributed by atoms with Gasteiger partial charge in [-0.25, -0.2) is 0 Å². The Morgan fingerprint density at radius 3 is 1.33 bits per heavy atom. The summed E-state index contributed by atoms with van der Waals surface area (Å²) in [6, 6.07) is -1.55. The van der Waals surface area contributed by atoms with Gasteiger partial charge in [0.2, 0.25) is 0 Å². The highest BCUT2D eigenvalue weighted by Crippen LogP contribution is 2.27. The van der Waals surface area contributed by atoms with Crippen molar-refractivity contribution in [2.45, 2.75) is 103 Å². The van der Waals surface area contributed by atoms with Crippen LogP contribution < -0.4 is 0 Å². The van der Waals surface area contributed by atoms with Crippen molar-refractivity contribution in [3.63, 3.8) is 0 Å². The van der Waals surface area contributed by atoms with Crippen molar-refractivity contribution >= 4 is 56.1 Å². The van der Waals surface area contributed by atoms with Gasteiger partial charge in [-0.15, -0.1) is 33.2 Å². The van der Waals surface area contributed by atoms with E-state index >= 15 is 0 Å². The fraction of sp³-hybridized carbons (Fsp3) is 0.944. The number of carbonyl (C=O) groups is 1. The summed E-state index contributed by atoms with van der Waals surface area (Å²) in [6.07, 6.45) is 18.3. The third-order valence-corrected chi connectivity index (χ3v) is 7.68. The molecule has 0 rings (SSSR count). The molecule has 0 spiro atoms. The summed E-state index contributed by atoms with van der Waals surface area (Å²) in [5.74, 6) is 1.00. The zero-order valence-corrected chi connectivity index (χ0v) is 19.3. The molecule has 24 heavy (non-hydrogen) atoms. The van der Waals surface area contributed by atoms with Crippen LogP contribution in [0.4, 0.5) is 0 Å². The molecule has 1 nitrogen and oxygen atoms in total. The smallest absolute Gasteiger partial charge is 0.288 e. The molecule has 0 bridgehead atoms. The quantitative estimate of drug-likeness (QED) is 0.130. The first-order valence-corrected chi connectivity index (χ1v) is 15.8. The largest absolute Gasteiger partial charge is 0.341 e. The summed E-state index contributed by atoms with van der Waals surface area (Å²) in [5, 5.41) is 0.250. The molecule has 0 saturated heterocycles. The Kier molecular flexibility index (Phi) is 18.3. The standard InChI is InChI=1S/C18H35Cl3OSSi/c1-18(22)23-16-14-12-10-8-6-4-2-3-5-7-9-11-13-15-17-24(19,20)21/h2-17H2,1H3. The second-order valence-corrected chi connectivity index (χ2v) is 17.2. The average Bonchev–Trinajstić information content (AvgIpc) is 2.49. The molecule has 144 valence electrons. The molecule has 0 unspecified atom stereocenters. The Hall–Kier alpha value is 1.11. The lowest BCUT2D eigenvalue weighted by molar-refractivity contribution is -0.109. The fourth-order valence-corrected chi connectivity index (χ4v) is 5.25. The number of hydrogen-bond donors (Lipinski definition) is 0. The van der Waals surface area contributed by atoms with Gasteiger partial charge in [-0.2, -0.15) is 0 Å². The van der Waals surface area contributed by atoms with E-state index in [4.69, 9.17) is 33.2 Å². The number of unbranched alkanes of at least 4 members (excludes halogenated alkanes) is 13. The summed E-state index contributed by atoms with van der Waals surface area (Å²) in [7, 11) is 0. The Morgan fingerprint density at radius 2 is 1.00 bits per heavy atom. The molecule has 6 heteroatoms. The summed E-state index contributed by atoms with van der Waals surface area (Å²) in [5.41, 5.74) is 0. The molecule has 0 aromatic carbocycles. The molecule has 0 radical (unpaired) electrons. The minimum absolute atomic E-state index is 0.250. The zero-order chi connectivity index (χ0) is 18.1. The highest BCUT2D eigenvalue weighted by molar-refractivity contribution is 8.13. The van der Waals surface area contributed by atoms with Crippen LogP contribution in [0.3, 0.4) is 0 Å². The molecular weight excluding hydrogens is 399 g/mol. The second-order valence-electron chi connectivity index (χ2n) is 6.65. The van der Waals surface area contributed by atoms with Crippen LogP contribution in [-0.4, -0.2) is 16.9 Å². The van der Waals surface area contributed by atoms with Crippen LogP contribution in [0, 0.1) is 0 Å². The Morgan fingerprint density at radius 1 is 0.667 bits per heavy atom. The van der Waals surface area contributed by atoms with Crippen LogP contribution in [0.2, 0.25) is 6.04 Å². The number of rotatable bonds is 17. The van der Waals surface area contributed by atoms with Crippen LogP contribution in [-0.2, 0) is 4.79 Å². The van der Waals surface area contributed by atoms with Crippen molar-refractivity contribution in [2.75, 3.05) is 5.75 Å². The lowest BCUT2D eigenvalue weighted by Gasteiger charge is -2.07. The molecule has 0 amide bonds. The van der Waals surface area contributed by atoms with E-state index in [1.165, 1.54) is 95.2 Å². The van der Waals surface area contributed by atoms with E-state index in [1.807, 2.05) is 0 Å². The Labute approximate surface area is 169 Å². The van der Waals surface area contributed by atoms with Gasteiger partial charge in [-0.3, -0.25) is 4.79 Å². The van der Waals surface area contributed by atoms with Gasteiger partial charge >= 0.3 is 6.00 Å². The van der Waals surface area contributed by atoms with Crippen molar-refractivity contribution in [1.29, 1.82) is 0 Å². The predicted molar refractivity (Wildman–Crippen MR) is 116 cm³/mol. The first-order valence-electron chi connectivity index (χ1n) is 9.62. The van der Waals surface area contributed by atoms with Crippen molar-refractivity contribution in [3.8, 4) is 0 Å². The SMILES string of the molecule is CC(=O)SCCCCCCCCCCCCCCCC[Si](Cl)(Cl)Cl. The van der Waals surface area contributed by atoms with Gasteiger partial charge < -0.3 is 0 Å². The zero-order valence-electron chi connectivity index (χ0n) is 15.3. The molecule has 0 N–H and O–H groups in total. The van der Waals surface area contributed by atoms with Crippen LogP contribution in [0.25, 0.3) is 0 Å². The third-order valence-electron chi connectivity index (χ3n) is 4.16. The molecule has 0 aromatic heterocycles. The van der Waals surface area contributed by atoms with E-state index in [0.29, 0.717) is 0 Å². The van der Waals surface area contributed by atoms with E-state index in [2.05, 4.69) is 0 Å². The Bertz CT molecular complexity index is 298. The summed E-state index contributed by atoms with van der Waals surface area (Å²) < 4.78 is 0. The third kappa shape index (κ3) is 23.1. The van der Waals surface area contributed by atoms with Crippen LogP contribution >= 0.6 is 45.0 Å². The van der Waals surface area contributed by atoms with Crippen LogP contribution in [0.15, 0.2) is 0 Å². The molecule has 0 fully saturated rings.